The standard InChI is InChI=1S/C25H17BO3/c27-26(28)29-16-13-14-24-20(15-16)19-9-3-6-12-23(19)25(24)21-10-4-1-7-17(21)18-8-2-5-11-22(18)25/h1-15,27-28H. The van der Waals surface area contributed by atoms with Gasteiger partial charge in [0.1, 0.15) is 5.75 Å². The van der Waals surface area contributed by atoms with Crippen molar-refractivity contribution in [3.8, 4) is 28.0 Å². The minimum atomic E-state index is -1.84. The van der Waals surface area contributed by atoms with Crippen LogP contribution in [0.2, 0.25) is 0 Å². The Kier molecular flexibility index (Phi) is 3.34. The number of fused-ring (bicyclic) bond motifs is 10. The highest BCUT2D eigenvalue weighted by atomic mass is 16.6. The Labute approximate surface area is 169 Å². The summed E-state index contributed by atoms with van der Waals surface area (Å²) in [5.41, 5.74) is 9.34. The van der Waals surface area contributed by atoms with Gasteiger partial charge in [-0.05, 0) is 56.6 Å². The molecule has 4 aromatic carbocycles. The van der Waals surface area contributed by atoms with Gasteiger partial charge in [0.15, 0.2) is 0 Å². The number of hydrogen-bond donors (Lipinski definition) is 2. The van der Waals surface area contributed by atoms with E-state index >= 15 is 0 Å². The summed E-state index contributed by atoms with van der Waals surface area (Å²) in [7, 11) is -1.84. The summed E-state index contributed by atoms with van der Waals surface area (Å²) in [6.07, 6.45) is 0. The Morgan fingerprint density at radius 2 is 1.00 bits per heavy atom. The normalized spacial score (nSPS) is 14.1. The second-order valence-electron chi connectivity index (χ2n) is 7.54. The van der Waals surface area contributed by atoms with E-state index in [1.54, 1.807) is 0 Å². The quantitative estimate of drug-likeness (QED) is 0.441. The lowest BCUT2D eigenvalue weighted by molar-refractivity contribution is 0.288. The highest BCUT2D eigenvalue weighted by Gasteiger charge is 2.51. The first-order valence-corrected chi connectivity index (χ1v) is 9.68. The minimum absolute atomic E-state index is 0.379. The third-order valence-corrected chi connectivity index (χ3v) is 6.21. The van der Waals surface area contributed by atoms with Crippen molar-refractivity contribution in [3.05, 3.63) is 113 Å². The Morgan fingerprint density at radius 3 is 1.52 bits per heavy atom. The van der Waals surface area contributed by atoms with E-state index in [-0.39, 0.29) is 5.41 Å². The lowest BCUT2D eigenvalue weighted by Crippen LogP contribution is -2.26. The molecular formula is C25H17BO3. The summed E-state index contributed by atoms with van der Waals surface area (Å²) in [5, 5.41) is 18.5. The summed E-state index contributed by atoms with van der Waals surface area (Å²) in [4.78, 5) is 0. The molecule has 4 heteroatoms. The van der Waals surface area contributed by atoms with Crippen molar-refractivity contribution in [2.45, 2.75) is 5.41 Å². The lowest BCUT2D eigenvalue weighted by Gasteiger charge is -2.30. The first-order valence-electron chi connectivity index (χ1n) is 9.68. The van der Waals surface area contributed by atoms with Gasteiger partial charge in [-0.1, -0.05) is 78.9 Å². The lowest BCUT2D eigenvalue weighted by atomic mass is 9.70. The molecule has 0 aromatic heterocycles. The van der Waals surface area contributed by atoms with Crippen LogP contribution in [-0.2, 0) is 5.41 Å². The summed E-state index contributed by atoms with van der Waals surface area (Å²) in [5.74, 6) is 0.435. The van der Waals surface area contributed by atoms with Crippen LogP contribution in [0.5, 0.6) is 5.75 Å². The fourth-order valence-corrected chi connectivity index (χ4v) is 5.27. The SMILES string of the molecule is OB(O)Oc1ccc2c(c1)-c1ccccc1C21c2ccccc2-c2ccccc21. The van der Waals surface area contributed by atoms with Gasteiger partial charge in [0.25, 0.3) is 0 Å². The van der Waals surface area contributed by atoms with E-state index in [4.69, 9.17) is 4.65 Å². The van der Waals surface area contributed by atoms with Crippen molar-refractivity contribution in [2.75, 3.05) is 0 Å². The van der Waals surface area contributed by atoms with E-state index in [0.717, 1.165) is 11.1 Å². The topological polar surface area (TPSA) is 49.7 Å². The van der Waals surface area contributed by atoms with Gasteiger partial charge in [-0.15, -0.1) is 0 Å². The van der Waals surface area contributed by atoms with Crippen molar-refractivity contribution in [2.24, 2.45) is 0 Å². The Hall–Kier alpha value is -3.34. The molecule has 0 radical (unpaired) electrons. The van der Waals surface area contributed by atoms with E-state index in [1.807, 2.05) is 18.2 Å². The molecule has 0 saturated carbocycles. The zero-order chi connectivity index (χ0) is 19.6. The van der Waals surface area contributed by atoms with Crippen molar-refractivity contribution >= 4 is 7.32 Å². The second-order valence-corrected chi connectivity index (χ2v) is 7.54. The van der Waals surface area contributed by atoms with Crippen LogP contribution < -0.4 is 4.65 Å². The maximum atomic E-state index is 9.25. The molecule has 0 atom stereocenters. The molecule has 0 bridgehead atoms. The zero-order valence-corrected chi connectivity index (χ0v) is 15.5. The molecule has 2 aliphatic rings. The molecule has 0 saturated heterocycles. The average molecular weight is 376 g/mol. The van der Waals surface area contributed by atoms with Gasteiger partial charge in [0, 0.05) is 0 Å². The van der Waals surface area contributed by atoms with E-state index in [0.29, 0.717) is 5.75 Å². The molecule has 0 aliphatic heterocycles. The Morgan fingerprint density at radius 1 is 0.552 bits per heavy atom. The highest BCUT2D eigenvalue weighted by molar-refractivity contribution is 6.33. The fraction of sp³-hybridized carbons (Fsp3) is 0.0400. The fourth-order valence-electron chi connectivity index (χ4n) is 5.27. The van der Waals surface area contributed by atoms with Gasteiger partial charge in [0.05, 0.1) is 5.41 Å². The molecule has 0 unspecified atom stereocenters. The molecule has 138 valence electrons. The summed E-state index contributed by atoms with van der Waals surface area (Å²) in [6, 6.07) is 31.5. The van der Waals surface area contributed by atoms with Crippen molar-refractivity contribution in [1.82, 2.24) is 0 Å². The van der Waals surface area contributed by atoms with Gasteiger partial charge in [0.2, 0.25) is 0 Å². The smallest absolute Gasteiger partial charge is 0.512 e. The van der Waals surface area contributed by atoms with Crippen molar-refractivity contribution in [3.63, 3.8) is 0 Å². The average Bonchev–Trinajstić information content (AvgIpc) is 3.21. The molecule has 4 aromatic rings. The van der Waals surface area contributed by atoms with E-state index in [9.17, 15) is 10.0 Å². The molecule has 3 nitrogen and oxygen atoms in total. The van der Waals surface area contributed by atoms with Crippen LogP contribution >= 0.6 is 0 Å². The van der Waals surface area contributed by atoms with E-state index < -0.39 is 7.32 Å². The van der Waals surface area contributed by atoms with Crippen LogP contribution in [0, 0.1) is 0 Å². The molecule has 29 heavy (non-hydrogen) atoms. The Bertz CT molecular complexity index is 1230. The molecule has 0 heterocycles. The number of rotatable bonds is 2. The van der Waals surface area contributed by atoms with Crippen molar-refractivity contribution in [1.29, 1.82) is 0 Å². The Balaban J connectivity index is 1.75. The molecular weight excluding hydrogens is 359 g/mol. The van der Waals surface area contributed by atoms with E-state index in [2.05, 4.69) is 72.8 Å². The van der Waals surface area contributed by atoms with Gasteiger partial charge < -0.3 is 14.7 Å². The summed E-state index contributed by atoms with van der Waals surface area (Å²) in [6.45, 7) is 0. The summed E-state index contributed by atoms with van der Waals surface area (Å²) < 4.78 is 5.16. The van der Waals surface area contributed by atoms with Gasteiger partial charge in [-0.25, -0.2) is 0 Å². The molecule has 2 aliphatic carbocycles. The van der Waals surface area contributed by atoms with Gasteiger partial charge in [-0.3, -0.25) is 0 Å². The van der Waals surface area contributed by atoms with Gasteiger partial charge >= 0.3 is 7.32 Å². The minimum Gasteiger partial charge on any atom is -0.512 e. The first-order chi connectivity index (χ1) is 14.2. The molecule has 1 spiro atoms. The monoisotopic (exact) mass is 376 g/mol. The van der Waals surface area contributed by atoms with Crippen LogP contribution in [0.15, 0.2) is 91.0 Å². The zero-order valence-electron chi connectivity index (χ0n) is 15.5. The predicted molar refractivity (Wildman–Crippen MR) is 114 cm³/mol. The largest absolute Gasteiger partial charge is 0.707 e. The number of benzene rings is 4. The van der Waals surface area contributed by atoms with E-state index in [1.165, 1.54) is 33.4 Å². The maximum absolute atomic E-state index is 9.25. The maximum Gasteiger partial charge on any atom is 0.707 e. The molecule has 0 fully saturated rings. The summed E-state index contributed by atoms with van der Waals surface area (Å²) >= 11 is 0. The van der Waals surface area contributed by atoms with Crippen molar-refractivity contribution < 1.29 is 14.7 Å². The van der Waals surface area contributed by atoms with Crippen LogP contribution in [0.4, 0.5) is 0 Å². The highest BCUT2D eigenvalue weighted by Crippen LogP contribution is 2.62. The van der Waals surface area contributed by atoms with Crippen LogP contribution in [0.1, 0.15) is 22.3 Å². The van der Waals surface area contributed by atoms with Crippen LogP contribution in [0.25, 0.3) is 22.3 Å². The van der Waals surface area contributed by atoms with Gasteiger partial charge in [-0.2, -0.15) is 0 Å². The second kappa shape index (κ2) is 5.83. The predicted octanol–water partition coefficient (Wildman–Crippen LogP) is 4.38. The number of hydrogen-bond acceptors (Lipinski definition) is 3. The first kappa shape index (κ1) is 16.6. The molecule has 0 amide bonds. The molecule has 2 N–H and O–H groups in total. The third-order valence-electron chi connectivity index (χ3n) is 6.21. The third kappa shape index (κ3) is 2.05. The van der Waals surface area contributed by atoms with Crippen LogP contribution in [0.3, 0.4) is 0 Å². The van der Waals surface area contributed by atoms with Crippen LogP contribution in [-0.4, -0.2) is 17.4 Å². The molecule has 6 rings (SSSR count).